The third-order valence-electron chi connectivity index (χ3n) is 2.14. The first kappa shape index (κ1) is 9.55. The second-order valence-electron chi connectivity index (χ2n) is 3.15. The molecule has 0 radical (unpaired) electrons. The van der Waals surface area contributed by atoms with Crippen LogP contribution in [0.3, 0.4) is 0 Å². The van der Waals surface area contributed by atoms with Gasteiger partial charge in [0, 0.05) is 12.6 Å². The number of rotatable bonds is 1. The molecule has 2 rings (SSSR count). The Labute approximate surface area is 86.8 Å². The van der Waals surface area contributed by atoms with E-state index in [9.17, 15) is 4.79 Å². The Kier molecular flexibility index (Phi) is 2.74. The SMILES string of the molecule is O=C1CNCCCN1c1ccc(Cl)o1. The number of hydrogen-bond donors (Lipinski definition) is 1. The molecule has 0 unspecified atom stereocenters. The van der Waals surface area contributed by atoms with Crippen molar-refractivity contribution < 1.29 is 9.21 Å². The van der Waals surface area contributed by atoms with E-state index < -0.39 is 0 Å². The number of nitrogens with one attached hydrogen (secondary N) is 1. The second-order valence-corrected chi connectivity index (χ2v) is 3.53. The standard InChI is InChI=1S/C9H11ClN2O2/c10-7-2-3-9(14-7)12-5-1-4-11-6-8(12)13/h2-3,11H,1,4-6H2. The molecule has 5 heteroatoms. The predicted molar refractivity (Wildman–Crippen MR) is 53.6 cm³/mol. The van der Waals surface area contributed by atoms with E-state index in [1.807, 2.05) is 0 Å². The minimum absolute atomic E-state index is 0.0218. The maximum absolute atomic E-state index is 11.6. The quantitative estimate of drug-likeness (QED) is 0.766. The number of carbonyl (C=O) groups is 1. The van der Waals surface area contributed by atoms with Crippen LogP contribution in [-0.4, -0.2) is 25.5 Å². The highest BCUT2D eigenvalue weighted by molar-refractivity contribution is 6.29. The molecule has 0 aromatic carbocycles. The van der Waals surface area contributed by atoms with Crippen molar-refractivity contribution in [3.63, 3.8) is 0 Å². The average Bonchev–Trinajstić information content (AvgIpc) is 2.46. The molecule has 76 valence electrons. The van der Waals surface area contributed by atoms with Gasteiger partial charge < -0.3 is 9.73 Å². The lowest BCUT2D eigenvalue weighted by molar-refractivity contribution is -0.117. The van der Waals surface area contributed by atoms with Crippen LogP contribution in [0.5, 0.6) is 0 Å². The fourth-order valence-electron chi connectivity index (χ4n) is 1.46. The Morgan fingerprint density at radius 3 is 3.07 bits per heavy atom. The van der Waals surface area contributed by atoms with E-state index >= 15 is 0 Å². The molecule has 2 heterocycles. The summed E-state index contributed by atoms with van der Waals surface area (Å²) in [7, 11) is 0. The maximum Gasteiger partial charge on any atom is 0.243 e. The molecule has 1 fully saturated rings. The number of furan rings is 1. The Balaban J connectivity index is 2.18. The number of nitrogens with zero attached hydrogens (tertiary/aromatic N) is 1. The van der Waals surface area contributed by atoms with Gasteiger partial charge in [0.2, 0.25) is 11.8 Å². The van der Waals surface area contributed by atoms with E-state index in [-0.39, 0.29) is 5.91 Å². The van der Waals surface area contributed by atoms with Crippen LogP contribution in [0.4, 0.5) is 5.88 Å². The fourth-order valence-corrected chi connectivity index (χ4v) is 1.60. The maximum atomic E-state index is 11.6. The van der Waals surface area contributed by atoms with Crippen LogP contribution >= 0.6 is 11.6 Å². The zero-order valence-electron chi connectivity index (χ0n) is 7.62. The molecule has 0 bridgehead atoms. The minimum atomic E-state index is 0.0218. The molecule has 1 aromatic heterocycles. The van der Waals surface area contributed by atoms with Crippen LogP contribution in [0.2, 0.25) is 5.22 Å². The molecule has 0 saturated carbocycles. The van der Waals surface area contributed by atoms with Crippen LogP contribution < -0.4 is 10.2 Å². The topological polar surface area (TPSA) is 45.5 Å². The van der Waals surface area contributed by atoms with Crippen molar-refractivity contribution in [2.45, 2.75) is 6.42 Å². The molecular weight excluding hydrogens is 204 g/mol. The van der Waals surface area contributed by atoms with Gasteiger partial charge in [0.25, 0.3) is 0 Å². The monoisotopic (exact) mass is 214 g/mol. The van der Waals surface area contributed by atoms with Crippen LogP contribution in [0.1, 0.15) is 6.42 Å². The molecule has 1 aliphatic rings. The van der Waals surface area contributed by atoms with Crippen molar-refractivity contribution >= 4 is 23.4 Å². The van der Waals surface area contributed by atoms with Gasteiger partial charge in [-0.05, 0) is 30.6 Å². The van der Waals surface area contributed by atoms with Gasteiger partial charge in [-0.15, -0.1) is 0 Å². The summed E-state index contributed by atoms with van der Waals surface area (Å²) in [5.74, 6) is 0.553. The molecule has 1 aliphatic heterocycles. The van der Waals surface area contributed by atoms with E-state index in [1.165, 1.54) is 0 Å². The van der Waals surface area contributed by atoms with Gasteiger partial charge in [-0.2, -0.15) is 0 Å². The first-order valence-corrected chi connectivity index (χ1v) is 4.91. The van der Waals surface area contributed by atoms with Crippen LogP contribution in [0.25, 0.3) is 0 Å². The van der Waals surface area contributed by atoms with Crippen molar-refractivity contribution in [3.05, 3.63) is 17.4 Å². The number of carbonyl (C=O) groups excluding carboxylic acids is 1. The first-order chi connectivity index (χ1) is 6.77. The van der Waals surface area contributed by atoms with Gasteiger partial charge in [0.15, 0.2) is 5.22 Å². The van der Waals surface area contributed by atoms with Crippen molar-refractivity contribution in [1.82, 2.24) is 5.32 Å². The summed E-state index contributed by atoms with van der Waals surface area (Å²) >= 11 is 5.65. The lowest BCUT2D eigenvalue weighted by Gasteiger charge is -2.16. The lowest BCUT2D eigenvalue weighted by Crippen LogP contribution is -2.34. The molecule has 1 aromatic rings. The van der Waals surface area contributed by atoms with Crippen molar-refractivity contribution in [2.24, 2.45) is 0 Å². The first-order valence-electron chi connectivity index (χ1n) is 4.54. The van der Waals surface area contributed by atoms with Crippen LogP contribution in [0.15, 0.2) is 16.5 Å². The van der Waals surface area contributed by atoms with Gasteiger partial charge in [0.1, 0.15) is 0 Å². The van der Waals surface area contributed by atoms with Crippen LogP contribution in [-0.2, 0) is 4.79 Å². The summed E-state index contributed by atoms with van der Waals surface area (Å²) in [5.41, 5.74) is 0. The smallest absolute Gasteiger partial charge is 0.243 e. The Hall–Kier alpha value is -1.00. The zero-order chi connectivity index (χ0) is 9.97. The lowest BCUT2D eigenvalue weighted by atomic mass is 10.4. The molecule has 1 saturated heterocycles. The molecule has 1 N–H and O–H groups in total. The largest absolute Gasteiger partial charge is 0.429 e. The average molecular weight is 215 g/mol. The van der Waals surface area contributed by atoms with E-state index in [2.05, 4.69) is 5.32 Å². The third kappa shape index (κ3) is 1.91. The molecule has 14 heavy (non-hydrogen) atoms. The normalized spacial score (nSPS) is 18.4. The fraction of sp³-hybridized carbons (Fsp3) is 0.444. The Morgan fingerprint density at radius 1 is 1.50 bits per heavy atom. The third-order valence-corrected chi connectivity index (χ3v) is 2.34. The minimum Gasteiger partial charge on any atom is -0.429 e. The Bertz CT molecular complexity index is 337. The van der Waals surface area contributed by atoms with E-state index in [0.29, 0.717) is 24.2 Å². The molecule has 0 atom stereocenters. The number of halogens is 1. The summed E-state index contributed by atoms with van der Waals surface area (Å²) in [6.45, 7) is 1.89. The Morgan fingerprint density at radius 2 is 2.36 bits per heavy atom. The molecule has 0 aliphatic carbocycles. The highest BCUT2D eigenvalue weighted by Crippen LogP contribution is 2.22. The van der Waals surface area contributed by atoms with Crippen LogP contribution in [0, 0.1) is 0 Å². The van der Waals surface area contributed by atoms with Gasteiger partial charge >= 0.3 is 0 Å². The summed E-state index contributed by atoms with van der Waals surface area (Å²) in [5, 5.41) is 3.35. The van der Waals surface area contributed by atoms with Gasteiger partial charge in [-0.1, -0.05) is 0 Å². The second kappa shape index (κ2) is 4.02. The number of hydrogen-bond acceptors (Lipinski definition) is 3. The van der Waals surface area contributed by atoms with E-state index in [0.717, 1.165) is 13.0 Å². The van der Waals surface area contributed by atoms with Crippen molar-refractivity contribution in [3.8, 4) is 0 Å². The summed E-state index contributed by atoms with van der Waals surface area (Å²) < 4.78 is 5.19. The number of anilines is 1. The van der Waals surface area contributed by atoms with Crippen molar-refractivity contribution in [1.29, 1.82) is 0 Å². The predicted octanol–water partition coefficient (Wildman–Crippen LogP) is 1.26. The zero-order valence-corrected chi connectivity index (χ0v) is 8.38. The molecule has 1 amide bonds. The highest BCUT2D eigenvalue weighted by atomic mass is 35.5. The molecule has 0 spiro atoms. The molecule has 4 nitrogen and oxygen atoms in total. The molecular formula is C9H11ClN2O2. The van der Waals surface area contributed by atoms with E-state index in [4.69, 9.17) is 16.0 Å². The van der Waals surface area contributed by atoms with Gasteiger partial charge in [0.05, 0.1) is 6.54 Å². The van der Waals surface area contributed by atoms with Gasteiger partial charge in [-0.3, -0.25) is 9.69 Å². The van der Waals surface area contributed by atoms with Crippen molar-refractivity contribution in [2.75, 3.05) is 24.5 Å². The summed E-state index contributed by atoms with van der Waals surface area (Å²) in [6.07, 6.45) is 0.921. The van der Waals surface area contributed by atoms with Gasteiger partial charge in [-0.25, -0.2) is 0 Å². The summed E-state index contributed by atoms with van der Waals surface area (Å²) in [6, 6.07) is 3.36. The van der Waals surface area contributed by atoms with E-state index in [1.54, 1.807) is 17.0 Å². The summed E-state index contributed by atoms with van der Waals surface area (Å²) in [4.78, 5) is 13.2. The highest BCUT2D eigenvalue weighted by Gasteiger charge is 2.20. The number of amides is 1.